The van der Waals surface area contributed by atoms with Gasteiger partial charge in [-0.25, -0.2) is 0 Å². The molecule has 0 bridgehead atoms. The summed E-state index contributed by atoms with van der Waals surface area (Å²) >= 11 is 0. The third-order valence-electron chi connectivity index (χ3n) is 2.87. The van der Waals surface area contributed by atoms with Crippen LogP contribution in [0.4, 0.5) is 0 Å². The third kappa shape index (κ3) is 4.21. The van der Waals surface area contributed by atoms with E-state index in [0.29, 0.717) is 6.42 Å². The lowest BCUT2D eigenvalue weighted by molar-refractivity contribution is -0.317. The molecule has 0 aromatic carbocycles. The van der Waals surface area contributed by atoms with Gasteiger partial charge in [0.25, 0.3) is 0 Å². The molecule has 4 nitrogen and oxygen atoms in total. The number of carboxylic acid groups (broad SMARTS) is 1. The highest BCUT2D eigenvalue weighted by Gasteiger charge is 2.35. The number of hydrogen-bond donors (Lipinski definition) is 0. The van der Waals surface area contributed by atoms with E-state index in [1.54, 1.807) is 0 Å². The Morgan fingerprint density at radius 2 is 1.75 bits per heavy atom. The topological polar surface area (TPSA) is 66.4 Å². The molecule has 94 valence electrons. The molecule has 1 atom stereocenters. The molecule has 0 saturated carbocycles. The van der Waals surface area contributed by atoms with E-state index in [4.69, 9.17) is 0 Å². The maximum absolute atomic E-state index is 11.4. The van der Waals surface area contributed by atoms with Crippen LogP contribution in [0.5, 0.6) is 0 Å². The predicted octanol–water partition coefficient (Wildman–Crippen LogP) is 1.28. The lowest BCUT2D eigenvalue weighted by Gasteiger charge is -2.27. The Labute approximate surface area is 97.0 Å². The van der Waals surface area contributed by atoms with Crippen molar-refractivity contribution >= 4 is 11.9 Å². The van der Waals surface area contributed by atoms with Gasteiger partial charge in [0.15, 0.2) is 0 Å². The largest absolute Gasteiger partial charge is 0.549 e. The van der Waals surface area contributed by atoms with Crippen LogP contribution in [0, 0.1) is 5.41 Å². The van der Waals surface area contributed by atoms with Crippen molar-refractivity contribution in [2.24, 2.45) is 5.41 Å². The molecular weight excluding hydrogens is 208 g/mol. The number of methoxy groups -OCH3 is 1. The molecule has 0 aromatic rings. The second-order valence-electron chi connectivity index (χ2n) is 4.28. The molecule has 0 spiro atoms. The van der Waals surface area contributed by atoms with Crippen LogP contribution in [0.2, 0.25) is 0 Å². The van der Waals surface area contributed by atoms with Gasteiger partial charge < -0.3 is 14.6 Å². The van der Waals surface area contributed by atoms with Gasteiger partial charge in [0.2, 0.25) is 0 Å². The Morgan fingerprint density at radius 1 is 1.19 bits per heavy atom. The summed E-state index contributed by atoms with van der Waals surface area (Å²) in [7, 11) is 1.20. The molecule has 0 N–H and O–H groups in total. The van der Waals surface area contributed by atoms with E-state index in [1.165, 1.54) is 14.0 Å². The third-order valence-corrected chi connectivity index (χ3v) is 2.87. The number of carbonyl (C=O) groups excluding carboxylic acids is 2. The molecule has 0 saturated heterocycles. The Hall–Kier alpha value is -1.06. The molecule has 0 heterocycles. The van der Waals surface area contributed by atoms with Crippen molar-refractivity contribution in [2.45, 2.75) is 52.4 Å². The van der Waals surface area contributed by atoms with Crippen LogP contribution in [0.15, 0.2) is 0 Å². The standard InChI is InChI=1S/C12H22O4/c1-4-5-6-7-8-9-12(2,10(13)14)11(15)16-3/h4-9H2,1-3H3,(H,13,14)/p-1. The van der Waals surface area contributed by atoms with Crippen molar-refractivity contribution in [3.05, 3.63) is 0 Å². The summed E-state index contributed by atoms with van der Waals surface area (Å²) in [6, 6.07) is 0. The van der Waals surface area contributed by atoms with E-state index in [1.807, 2.05) is 0 Å². The van der Waals surface area contributed by atoms with Crippen LogP contribution >= 0.6 is 0 Å². The fourth-order valence-corrected chi connectivity index (χ4v) is 1.59. The van der Waals surface area contributed by atoms with E-state index in [-0.39, 0.29) is 6.42 Å². The van der Waals surface area contributed by atoms with Crippen LogP contribution in [0.3, 0.4) is 0 Å². The second-order valence-corrected chi connectivity index (χ2v) is 4.28. The molecule has 0 fully saturated rings. The van der Waals surface area contributed by atoms with Crippen molar-refractivity contribution in [1.82, 2.24) is 0 Å². The summed E-state index contributed by atoms with van der Waals surface area (Å²) in [6.07, 6.45) is 5.27. The molecule has 0 aliphatic heterocycles. The predicted molar refractivity (Wildman–Crippen MR) is 58.5 cm³/mol. The van der Waals surface area contributed by atoms with E-state index in [9.17, 15) is 14.7 Å². The molecule has 0 radical (unpaired) electrons. The molecule has 0 rings (SSSR count). The molecule has 1 unspecified atom stereocenters. The summed E-state index contributed by atoms with van der Waals surface area (Å²) in [5.41, 5.74) is -1.50. The van der Waals surface area contributed by atoms with Crippen molar-refractivity contribution in [2.75, 3.05) is 7.11 Å². The van der Waals surface area contributed by atoms with Gasteiger partial charge in [-0.15, -0.1) is 0 Å². The zero-order valence-corrected chi connectivity index (χ0v) is 10.4. The molecule has 0 amide bonds. The Morgan fingerprint density at radius 3 is 2.19 bits per heavy atom. The van der Waals surface area contributed by atoms with Crippen LogP contribution in [0.1, 0.15) is 52.4 Å². The fourth-order valence-electron chi connectivity index (χ4n) is 1.59. The summed E-state index contributed by atoms with van der Waals surface area (Å²) in [5, 5.41) is 10.9. The van der Waals surface area contributed by atoms with Gasteiger partial charge >= 0.3 is 5.97 Å². The normalized spacial score (nSPS) is 14.2. The first kappa shape index (κ1) is 14.9. The average Bonchev–Trinajstić information content (AvgIpc) is 2.27. The van der Waals surface area contributed by atoms with Crippen molar-refractivity contribution in [1.29, 1.82) is 0 Å². The Kier molecular flexibility index (Phi) is 6.77. The van der Waals surface area contributed by atoms with E-state index in [0.717, 1.165) is 25.7 Å². The summed E-state index contributed by atoms with van der Waals surface area (Å²) in [6.45, 7) is 3.48. The summed E-state index contributed by atoms with van der Waals surface area (Å²) in [5.74, 6) is -2.07. The smallest absolute Gasteiger partial charge is 0.317 e. The number of carboxylic acids is 1. The minimum absolute atomic E-state index is 0.283. The fraction of sp³-hybridized carbons (Fsp3) is 0.833. The average molecular weight is 229 g/mol. The zero-order chi connectivity index (χ0) is 12.6. The molecule has 16 heavy (non-hydrogen) atoms. The lowest BCUT2D eigenvalue weighted by Crippen LogP contribution is -2.46. The van der Waals surface area contributed by atoms with Crippen LogP contribution in [-0.2, 0) is 14.3 Å². The molecule has 0 aromatic heterocycles. The van der Waals surface area contributed by atoms with Crippen molar-refractivity contribution in [3.8, 4) is 0 Å². The van der Waals surface area contributed by atoms with Crippen LogP contribution in [-0.4, -0.2) is 19.0 Å². The molecule has 4 heteroatoms. The molecular formula is C12H21O4-. The van der Waals surface area contributed by atoms with Gasteiger partial charge in [0, 0.05) is 0 Å². The van der Waals surface area contributed by atoms with E-state index >= 15 is 0 Å². The number of esters is 1. The number of unbranched alkanes of at least 4 members (excludes halogenated alkanes) is 4. The first-order chi connectivity index (χ1) is 7.49. The minimum atomic E-state index is -1.50. The number of rotatable bonds is 8. The number of ether oxygens (including phenoxy) is 1. The first-order valence-corrected chi connectivity index (χ1v) is 5.79. The van der Waals surface area contributed by atoms with Gasteiger partial charge in [-0.1, -0.05) is 39.0 Å². The number of aliphatic carboxylic acids is 1. The molecule has 0 aliphatic carbocycles. The molecule has 0 aliphatic rings. The van der Waals surface area contributed by atoms with Gasteiger partial charge in [-0.3, -0.25) is 4.79 Å². The van der Waals surface area contributed by atoms with Crippen molar-refractivity contribution < 1.29 is 19.4 Å². The quantitative estimate of drug-likeness (QED) is 0.357. The van der Waals surface area contributed by atoms with Gasteiger partial charge in [0.05, 0.1) is 13.1 Å². The van der Waals surface area contributed by atoms with Gasteiger partial charge in [-0.05, 0) is 13.3 Å². The van der Waals surface area contributed by atoms with Crippen LogP contribution < -0.4 is 5.11 Å². The highest BCUT2D eigenvalue weighted by Crippen LogP contribution is 2.25. The maximum Gasteiger partial charge on any atom is 0.317 e. The zero-order valence-electron chi connectivity index (χ0n) is 10.4. The summed E-state index contributed by atoms with van der Waals surface area (Å²) < 4.78 is 4.50. The second kappa shape index (κ2) is 7.25. The Balaban J connectivity index is 4.14. The SMILES string of the molecule is CCCCCCCC(C)(C(=O)[O-])C(=O)OC. The minimum Gasteiger partial charge on any atom is -0.549 e. The van der Waals surface area contributed by atoms with Gasteiger partial charge in [-0.2, -0.15) is 0 Å². The van der Waals surface area contributed by atoms with E-state index < -0.39 is 17.4 Å². The highest BCUT2D eigenvalue weighted by molar-refractivity contribution is 5.97. The van der Waals surface area contributed by atoms with Crippen LogP contribution in [0.25, 0.3) is 0 Å². The van der Waals surface area contributed by atoms with E-state index in [2.05, 4.69) is 11.7 Å². The lowest BCUT2D eigenvalue weighted by atomic mass is 9.84. The Bertz CT molecular complexity index is 237. The summed E-state index contributed by atoms with van der Waals surface area (Å²) in [4.78, 5) is 22.3. The first-order valence-electron chi connectivity index (χ1n) is 5.79. The number of carbonyl (C=O) groups is 2. The highest BCUT2D eigenvalue weighted by atomic mass is 16.5. The van der Waals surface area contributed by atoms with Crippen molar-refractivity contribution in [3.63, 3.8) is 0 Å². The van der Waals surface area contributed by atoms with Gasteiger partial charge in [0.1, 0.15) is 5.41 Å². The monoisotopic (exact) mass is 229 g/mol. The number of hydrogen-bond acceptors (Lipinski definition) is 4. The maximum atomic E-state index is 11.4.